The highest BCUT2D eigenvalue weighted by atomic mass is 79.9. The highest BCUT2D eigenvalue weighted by molar-refractivity contribution is 9.12. The Hall–Kier alpha value is 0.440. The minimum absolute atomic E-state index is 0.962. The Labute approximate surface area is 72.3 Å². The molecule has 0 N–H and O–H groups in total. The molecule has 2 heteroatoms. The summed E-state index contributed by atoms with van der Waals surface area (Å²) in [6, 6.07) is 0. The van der Waals surface area contributed by atoms with E-state index < -0.39 is 0 Å². The molecule has 0 aromatic heterocycles. The van der Waals surface area contributed by atoms with E-state index in [1.807, 2.05) is 0 Å². The largest absolute Gasteiger partial charge is 0.0876 e. The van der Waals surface area contributed by atoms with Crippen LogP contribution in [0.1, 0.15) is 12.8 Å². The third-order valence-electron chi connectivity index (χ3n) is 1.34. The molecule has 1 rings (SSSR count). The van der Waals surface area contributed by atoms with Gasteiger partial charge < -0.3 is 0 Å². The molecule has 0 bridgehead atoms. The summed E-state index contributed by atoms with van der Waals surface area (Å²) in [6.07, 6.45) is 6.72. The minimum atomic E-state index is 0.962. The van der Waals surface area contributed by atoms with Crippen LogP contribution in [0.2, 0.25) is 0 Å². The predicted molar refractivity (Wildman–Crippen MR) is 48.1 cm³/mol. The van der Waals surface area contributed by atoms with E-state index in [0.717, 1.165) is 11.8 Å². The van der Waals surface area contributed by atoms with Crippen LogP contribution in [0.5, 0.6) is 0 Å². The first-order valence-corrected chi connectivity index (χ1v) is 4.86. The van der Waals surface area contributed by atoms with Crippen LogP contribution in [0.3, 0.4) is 0 Å². The van der Waals surface area contributed by atoms with E-state index in [1.165, 1.54) is 16.5 Å². The Bertz CT molecular complexity index is 156. The van der Waals surface area contributed by atoms with Gasteiger partial charge in [-0.05, 0) is 22.9 Å². The topological polar surface area (TPSA) is 0 Å². The van der Waals surface area contributed by atoms with Crippen LogP contribution in [0, 0.1) is 0 Å². The number of rotatable bonds is 1. The average molecular weight is 252 g/mol. The smallest absolute Gasteiger partial charge is 0.0290 e. The Morgan fingerprint density at radius 1 is 1.56 bits per heavy atom. The first-order valence-electron chi connectivity index (χ1n) is 2.94. The predicted octanol–water partition coefficient (Wildman–Crippen LogP) is 3.38. The molecule has 1 aliphatic rings. The molecule has 0 atom stereocenters. The molecule has 0 unspecified atom stereocenters. The highest BCUT2D eigenvalue weighted by Gasteiger charge is 2.02. The van der Waals surface area contributed by atoms with Gasteiger partial charge in [0.15, 0.2) is 0 Å². The van der Waals surface area contributed by atoms with Crippen LogP contribution in [0.15, 0.2) is 22.2 Å². The molecule has 0 aromatic rings. The third-order valence-corrected chi connectivity index (χ3v) is 2.85. The SMILES string of the molecule is BrCC1=C(Br)CCC=C1. The number of alkyl halides is 1. The van der Waals surface area contributed by atoms with Crippen LogP contribution in [-0.4, -0.2) is 5.33 Å². The van der Waals surface area contributed by atoms with Gasteiger partial charge in [-0.15, -0.1) is 0 Å². The minimum Gasteiger partial charge on any atom is -0.0876 e. The number of hydrogen-bond donors (Lipinski definition) is 0. The molecule has 0 radical (unpaired) electrons. The lowest BCUT2D eigenvalue weighted by molar-refractivity contribution is 1.01. The monoisotopic (exact) mass is 250 g/mol. The molecule has 1 aliphatic carbocycles. The van der Waals surface area contributed by atoms with Crippen molar-refractivity contribution in [2.75, 3.05) is 5.33 Å². The van der Waals surface area contributed by atoms with Crippen LogP contribution < -0.4 is 0 Å². The fraction of sp³-hybridized carbons (Fsp3) is 0.429. The second-order valence-corrected chi connectivity index (χ2v) is 3.52. The van der Waals surface area contributed by atoms with Crippen LogP contribution in [0.25, 0.3) is 0 Å². The van der Waals surface area contributed by atoms with Gasteiger partial charge in [-0.3, -0.25) is 0 Å². The van der Waals surface area contributed by atoms with Gasteiger partial charge in [0.1, 0.15) is 0 Å². The molecule has 0 amide bonds. The van der Waals surface area contributed by atoms with Gasteiger partial charge in [0.2, 0.25) is 0 Å². The van der Waals surface area contributed by atoms with Gasteiger partial charge in [-0.2, -0.15) is 0 Å². The van der Waals surface area contributed by atoms with Crippen molar-refractivity contribution < 1.29 is 0 Å². The lowest BCUT2D eigenvalue weighted by Crippen LogP contribution is -1.89. The molecule has 50 valence electrons. The molecule has 9 heavy (non-hydrogen) atoms. The van der Waals surface area contributed by atoms with Gasteiger partial charge in [0.25, 0.3) is 0 Å². The summed E-state index contributed by atoms with van der Waals surface area (Å²) in [4.78, 5) is 0. The summed E-state index contributed by atoms with van der Waals surface area (Å²) >= 11 is 6.93. The zero-order chi connectivity index (χ0) is 6.69. The van der Waals surface area contributed by atoms with Crippen molar-refractivity contribution in [2.45, 2.75) is 12.8 Å². The van der Waals surface area contributed by atoms with Crippen molar-refractivity contribution in [2.24, 2.45) is 0 Å². The van der Waals surface area contributed by atoms with E-state index in [9.17, 15) is 0 Å². The van der Waals surface area contributed by atoms with Gasteiger partial charge in [-0.25, -0.2) is 0 Å². The van der Waals surface area contributed by atoms with Gasteiger partial charge in [-0.1, -0.05) is 44.0 Å². The molecule has 0 spiro atoms. The van der Waals surface area contributed by atoms with Crippen LogP contribution in [0.4, 0.5) is 0 Å². The molecule has 0 heterocycles. The molecule has 0 nitrogen and oxygen atoms in total. The summed E-state index contributed by atoms with van der Waals surface area (Å²) < 4.78 is 1.35. The molecule has 0 saturated heterocycles. The van der Waals surface area contributed by atoms with Crippen molar-refractivity contribution in [1.29, 1.82) is 0 Å². The van der Waals surface area contributed by atoms with Crippen LogP contribution in [-0.2, 0) is 0 Å². The van der Waals surface area contributed by atoms with Crippen molar-refractivity contribution >= 4 is 31.9 Å². The van der Waals surface area contributed by atoms with E-state index in [2.05, 4.69) is 44.0 Å². The highest BCUT2D eigenvalue weighted by Crippen LogP contribution is 2.24. The zero-order valence-electron chi connectivity index (χ0n) is 5.03. The Balaban J connectivity index is 2.72. The lowest BCUT2D eigenvalue weighted by atomic mass is 10.1. The Morgan fingerprint density at radius 2 is 2.33 bits per heavy atom. The first kappa shape index (κ1) is 7.55. The van der Waals surface area contributed by atoms with Gasteiger partial charge in [0, 0.05) is 5.33 Å². The maximum Gasteiger partial charge on any atom is 0.0290 e. The standard InChI is InChI=1S/C7H8Br2/c8-5-6-3-1-2-4-7(6)9/h1,3H,2,4-5H2. The third kappa shape index (κ3) is 1.94. The zero-order valence-corrected chi connectivity index (χ0v) is 8.20. The molecular formula is C7H8Br2. The first-order chi connectivity index (χ1) is 4.34. The average Bonchev–Trinajstić information content (AvgIpc) is 1.89. The number of hydrogen-bond acceptors (Lipinski definition) is 0. The molecular weight excluding hydrogens is 244 g/mol. The van der Waals surface area contributed by atoms with E-state index in [1.54, 1.807) is 0 Å². The normalized spacial score (nSPS) is 18.9. The van der Waals surface area contributed by atoms with E-state index in [-0.39, 0.29) is 0 Å². The summed E-state index contributed by atoms with van der Waals surface area (Å²) in [5.41, 5.74) is 1.38. The fourth-order valence-electron chi connectivity index (χ4n) is 0.804. The second kappa shape index (κ2) is 3.57. The summed E-state index contributed by atoms with van der Waals surface area (Å²) in [7, 11) is 0. The van der Waals surface area contributed by atoms with E-state index in [4.69, 9.17) is 0 Å². The molecule has 0 saturated carbocycles. The van der Waals surface area contributed by atoms with Gasteiger partial charge >= 0.3 is 0 Å². The quantitative estimate of drug-likeness (QED) is 0.627. The fourth-order valence-corrected chi connectivity index (χ4v) is 2.21. The summed E-state index contributed by atoms with van der Waals surface area (Å²) in [5.74, 6) is 0. The maximum absolute atomic E-state index is 3.51. The number of halogens is 2. The lowest BCUT2D eigenvalue weighted by Gasteiger charge is -2.06. The van der Waals surface area contributed by atoms with Crippen LogP contribution >= 0.6 is 31.9 Å². The van der Waals surface area contributed by atoms with Gasteiger partial charge in [0.05, 0.1) is 0 Å². The Morgan fingerprint density at radius 3 is 2.78 bits per heavy atom. The molecule has 0 fully saturated rings. The van der Waals surface area contributed by atoms with E-state index >= 15 is 0 Å². The maximum atomic E-state index is 3.51. The number of allylic oxidation sites excluding steroid dienone is 4. The van der Waals surface area contributed by atoms with Crippen molar-refractivity contribution in [3.8, 4) is 0 Å². The summed E-state index contributed by atoms with van der Waals surface area (Å²) in [6.45, 7) is 0. The van der Waals surface area contributed by atoms with E-state index in [0.29, 0.717) is 0 Å². The second-order valence-electron chi connectivity index (χ2n) is 2.00. The molecule has 0 aliphatic heterocycles. The molecule has 0 aromatic carbocycles. The van der Waals surface area contributed by atoms with Crippen molar-refractivity contribution in [3.05, 3.63) is 22.2 Å². The summed E-state index contributed by atoms with van der Waals surface area (Å²) in [5, 5.41) is 0.962. The Kier molecular flexibility index (Phi) is 2.99. The van der Waals surface area contributed by atoms with Crippen molar-refractivity contribution in [3.63, 3.8) is 0 Å². The van der Waals surface area contributed by atoms with Crippen molar-refractivity contribution in [1.82, 2.24) is 0 Å².